The molecule has 0 aliphatic rings. The Kier molecular flexibility index (Phi) is 4.60. The summed E-state index contributed by atoms with van der Waals surface area (Å²) in [6.07, 6.45) is 0. The second-order valence-electron chi connectivity index (χ2n) is 4.35. The van der Waals surface area contributed by atoms with Crippen LogP contribution >= 0.6 is 0 Å². The molecule has 0 aliphatic carbocycles. The van der Waals surface area contributed by atoms with Crippen molar-refractivity contribution in [2.45, 2.75) is 26.4 Å². The molecule has 17 heavy (non-hydrogen) atoms. The van der Waals surface area contributed by atoms with Crippen LogP contribution in [-0.4, -0.2) is 28.0 Å². The van der Waals surface area contributed by atoms with E-state index in [1.165, 1.54) is 6.07 Å². The molecule has 96 valence electrons. The fourth-order valence-electron chi connectivity index (χ4n) is 1.56. The van der Waals surface area contributed by atoms with Gasteiger partial charge in [-0.25, -0.2) is 0 Å². The van der Waals surface area contributed by atoms with Crippen LogP contribution in [0, 0.1) is 5.92 Å². The Labute approximate surface area is 101 Å². The number of benzene rings is 1. The fourth-order valence-corrected chi connectivity index (χ4v) is 1.56. The molecule has 0 heterocycles. The maximum Gasteiger partial charge on any atom is 0.181 e. The molecule has 0 saturated heterocycles. The number of aliphatic hydroxyl groups excluding tert-OH is 1. The molecule has 0 spiro atoms. The van der Waals surface area contributed by atoms with E-state index in [-0.39, 0.29) is 36.6 Å². The van der Waals surface area contributed by atoms with Gasteiger partial charge >= 0.3 is 0 Å². The van der Waals surface area contributed by atoms with Crippen molar-refractivity contribution in [2.75, 3.05) is 11.9 Å². The third kappa shape index (κ3) is 3.01. The summed E-state index contributed by atoms with van der Waals surface area (Å²) in [7, 11) is 0. The van der Waals surface area contributed by atoms with Gasteiger partial charge in [-0.15, -0.1) is 0 Å². The standard InChI is InChI=1S/C12H20N2O3/c1-7(2)9(6-15)14-11-8(5-13)3-4-10(16)12(11)17/h3-4,7,9,14-17H,5-6,13H2,1-2H3/t9-/m0/s1. The molecule has 1 rings (SSSR count). The van der Waals surface area contributed by atoms with Crippen LogP contribution in [0.5, 0.6) is 11.5 Å². The van der Waals surface area contributed by atoms with Gasteiger partial charge in [0.15, 0.2) is 11.5 Å². The van der Waals surface area contributed by atoms with Gasteiger partial charge in [0.05, 0.1) is 18.3 Å². The highest BCUT2D eigenvalue weighted by Gasteiger charge is 2.17. The van der Waals surface area contributed by atoms with E-state index < -0.39 is 0 Å². The zero-order chi connectivity index (χ0) is 13.0. The molecule has 1 aromatic rings. The van der Waals surface area contributed by atoms with Crippen LogP contribution in [0.1, 0.15) is 19.4 Å². The lowest BCUT2D eigenvalue weighted by molar-refractivity contribution is 0.249. The molecule has 5 heteroatoms. The van der Waals surface area contributed by atoms with Gasteiger partial charge in [0.2, 0.25) is 0 Å². The highest BCUT2D eigenvalue weighted by atomic mass is 16.3. The highest BCUT2D eigenvalue weighted by Crippen LogP contribution is 2.36. The van der Waals surface area contributed by atoms with Crippen molar-refractivity contribution in [2.24, 2.45) is 11.7 Å². The average molecular weight is 240 g/mol. The largest absolute Gasteiger partial charge is 0.504 e. The van der Waals surface area contributed by atoms with Gasteiger partial charge in [-0.2, -0.15) is 0 Å². The summed E-state index contributed by atoms with van der Waals surface area (Å²) in [6.45, 7) is 4.09. The summed E-state index contributed by atoms with van der Waals surface area (Å²) < 4.78 is 0. The minimum absolute atomic E-state index is 0.0588. The van der Waals surface area contributed by atoms with Gasteiger partial charge in [0, 0.05) is 6.54 Å². The Morgan fingerprint density at radius 3 is 2.41 bits per heavy atom. The van der Waals surface area contributed by atoms with Crippen molar-refractivity contribution in [3.63, 3.8) is 0 Å². The molecule has 0 bridgehead atoms. The van der Waals surface area contributed by atoms with E-state index in [0.29, 0.717) is 11.3 Å². The number of hydrogen-bond acceptors (Lipinski definition) is 5. The predicted octanol–water partition coefficient (Wildman–Crippen LogP) is 0.985. The van der Waals surface area contributed by atoms with E-state index >= 15 is 0 Å². The summed E-state index contributed by atoms with van der Waals surface area (Å²) in [4.78, 5) is 0. The molecule has 0 fully saturated rings. The second-order valence-corrected chi connectivity index (χ2v) is 4.35. The molecule has 0 saturated carbocycles. The van der Waals surface area contributed by atoms with Crippen molar-refractivity contribution in [1.82, 2.24) is 0 Å². The minimum Gasteiger partial charge on any atom is -0.504 e. The van der Waals surface area contributed by atoms with Gasteiger partial charge in [0.25, 0.3) is 0 Å². The van der Waals surface area contributed by atoms with E-state index in [1.54, 1.807) is 6.07 Å². The Balaban J connectivity index is 3.07. The number of anilines is 1. The normalized spacial score (nSPS) is 12.8. The van der Waals surface area contributed by atoms with Crippen LogP contribution < -0.4 is 11.1 Å². The summed E-state index contributed by atoms with van der Waals surface area (Å²) in [5.41, 5.74) is 6.65. The lowest BCUT2D eigenvalue weighted by Crippen LogP contribution is -2.30. The van der Waals surface area contributed by atoms with Crippen molar-refractivity contribution >= 4 is 5.69 Å². The molecule has 0 amide bonds. The van der Waals surface area contributed by atoms with Gasteiger partial charge in [-0.1, -0.05) is 19.9 Å². The van der Waals surface area contributed by atoms with Crippen molar-refractivity contribution in [3.8, 4) is 11.5 Å². The Bertz CT molecular complexity index is 380. The molecule has 0 radical (unpaired) electrons. The maximum atomic E-state index is 9.79. The topological polar surface area (TPSA) is 98.7 Å². The van der Waals surface area contributed by atoms with Crippen LogP contribution in [0.4, 0.5) is 5.69 Å². The Hall–Kier alpha value is -1.46. The van der Waals surface area contributed by atoms with Crippen LogP contribution in [0.2, 0.25) is 0 Å². The molecule has 0 aromatic heterocycles. The van der Waals surface area contributed by atoms with Gasteiger partial charge < -0.3 is 26.4 Å². The lowest BCUT2D eigenvalue weighted by atomic mass is 10.0. The first kappa shape index (κ1) is 13.6. The number of aromatic hydroxyl groups is 2. The van der Waals surface area contributed by atoms with E-state index in [9.17, 15) is 15.3 Å². The van der Waals surface area contributed by atoms with E-state index in [4.69, 9.17) is 5.73 Å². The number of phenols is 2. The first-order valence-corrected chi connectivity index (χ1v) is 5.62. The summed E-state index contributed by atoms with van der Waals surface area (Å²) in [6, 6.07) is 2.84. The third-order valence-corrected chi connectivity index (χ3v) is 2.79. The number of nitrogens with one attached hydrogen (secondary N) is 1. The molecule has 5 nitrogen and oxygen atoms in total. The zero-order valence-corrected chi connectivity index (χ0v) is 10.1. The number of rotatable bonds is 5. The van der Waals surface area contributed by atoms with Crippen molar-refractivity contribution in [3.05, 3.63) is 17.7 Å². The number of aliphatic hydroxyl groups is 1. The zero-order valence-electron chi connectivity index (χ0n) is 10.1. The summed E-state index contributed by atoms with van der Waals surface area (Å²) >= 11 is 0. The Morgan fingerprint density at radius 2 is 1.94 bits per heavy atom. The molecule has 0 aliphatic heterocycles. The van der Waals surface area contributed by atoms with Crippen molar-refractivity contribution < 1.29 is 15.3 Å². The number of nitrogens with two attached hydrogens (primary N) is 1. The molecular formula is C12H20N2O3. The van der Waals surface area contributed by atoms with Gasteiger partial charge in [-0.3, -0.25) is 0 Å². The molecule has 1 aromatic carbocycles. The fraction of sp³-hybridized carbons (Fsp3) is 0.500. The first-order chi connectivity index (χ1) is 8.01. The van der Waals surface area contributed by atoms with Crippen molar-refractivity contribution in [1.29, 1.82) is 0 Å². The minimum atomic E-state index is -0.230. The molecule has 6 N–H and O–H groups in total. The van der Waals surface area contributed by atoms with E-state index in [0.717, 1.165) is 0 Å². The highest BCUT2D eigenvalue weighted by molar-refractivity contribution is 5.67. The summed E-state index contributed by atoms with van der Waals surface area (Å²) in [5.74, 6) is -0.246. The van der Waals surface area contributed by atoms with Crippen LogP contribution in [0.15, 0.2) is 12.1 Å². The lowest BCUT2D eigenvalue weighted by Gasteiger charge is -2.23. The summed E-state index contributed by atoms with van der Waals surface area (Å²) in [5, 5.41) is 31.5. The molecule has 1 atom stereocenters. The van der Waals surface area contributed by atoms with Gasteiger partial charge in [0.1, 0.15) is 0 Å². The second kappa shape index (κ2) is 5.75. The van der Waals surface area contributed by atoms with Crippen LogP contribution in [-0.2, 0) is 6.54 Å². The SMILES string of the molecule is CC(C)[C@H](CO)Nc1c(CN)ccc(O)c1O. The Morgan fingerprint density at radius 1 is 1.29 bits per heavy atom. The smallest absolute Gasteiger partial charge is 0.181 e. The maximum absolute atomic E-state index is 9.79. The first-order valence-electron chi connectivity index (χ1n) is 5.62. The third-order valence-electron chi connectivity index (χ3n) is 2.79. The predicted molar refractivity (Wildman–Crippen MR) is 67.0 cm³/mol. The number of phenolic OH excluding ortho intramolecular Hbond substituents is 2. The molecular weight excluding hydrogens is 220 g/mol. The monoisotopic (exact) mass is 240 g/mol. The van der Waals surface area contributed by atoms with Crippen LogP contribution in [0.3, 0.4) is 0 Å². The van der Waals surface area contributed by atoms with E-state index in [2.05, 4.69) is 5.32 Å². The van der Waals surface area contributed by atoms with Crippen LogP contribution in [0.25, 0.3) is 0 Å². The van der Waals surface area contributed by atoms with Gasteiger partial charge in [-0.05, 0) is 17.5 Å². The quantitative estimate of drug-likeness (QED) is 0.494. The average Bonchev–Trinajstić information content (AvgIpc) is 2.30. The van der Waals surface area contributed by atoms with E-state index in [1.807, 2.05) is 13.8 Å². The molecule has 0 unspecified atom stereocenters. The number of hydrogen-bond donors (Lipinski definition) is 5.